The highest BCUT2D eigenvalue weighted by atomic mass is 32.2. The molecule has 0 bridgehead atoms. The van der Waals surface area contributed by atoms with Crippen molar-refractivity contribution in [1.29, 1.82) is 0 Å². The lowest BCUT2D eigenvalue weighted by Crippen LogP contribution is -2.30. The van der Waals surface area contributed by atoms with Crippen molar-refractivity contribution in [1.82, 2.24) is 4.31 Å². The van der Waals surface area contributed by atoms with Crippen molar-refractivity contribution in [2.75, 3.05) is 25.9 Å². The molecule has 68 valence electrons. The molecular formula is C6H16N2O2S. The first-order valence-electron chi connectivity index (χ1n) is 3.68. The van der Waals surface area contributed by atoms with Gasteiger partial charge >= 0.3 is 0 Å². The number of nitrogens with zero attached hydrogens (tertiary/aromatic N) is 1. The third-order valence-electron chi connectivity index (χ3n) is 1.52. The highest BCUT2D eigenvalue weighted by Gasteiger charge is 2.13. The molecule has 4 nitrogen and oxygen atoms in total. The zero-order valence-electron chi connectivity index (χ0n) is 7.08. The molecule has 0 radical (unpaired) electrons. The molecule has 0 aliphatic rings. The second kappa shape index (κ2) is 4.69. The Bertz CT molecular complexity index is 189. The van der Waals surface area contributed by atoms with E-state index in [0.717, 1.165) is 6.42 Å². The third-order valence-corrected chi connectivity index (χ3v) is 3.38. The molecule has 0 aliphatic heterocycles. The van der Waals surface area contributed by atoms with Crippen molar-refractivity contribution in [3.05, 3.63) is 0 Å². The normalized spacial score (nSPS) is 12.4. The summed E-state index contributed by atoms with van der Waals surface area (Å²) < 4.78 is 23.5. The van der Waals surface area contributed by atoms with Crippen molar-refractivity contribution < 1.29 is 8.42 Å². The van der Waals surface area contributed by atoms with Crippen LogP contribution in [0.4, 0.5) is 0 Å². The fourth-order valence-corrected chi connectivity index (χ4v) is 1.52. The van der Waals surface area contributed by atoms with Crippen LogP contribution in [-0.2, 0) is 10.0 Å². The molecule has 0 aromatic carbocycles. The molecule has 5 heteroatoms. The molecule has 0 spiro atoms. The molecule has 0 saturated heterocycles. The molecule has 2 N–H and O–H groups in total. The van der Waals surface area contributed by atoms with E-state index in [-0.39, 0.29) is 5.75 Å². The quantitative estimate of drug-likeness (QED) is 0.627. The Morgan fingerprint density at radius 3 is 2.36 bits per heavy atom. The van der Waals surface area contributed by atoms with Crippen LogP contribution in [0.25, 0.3) is 0 Å². The van der Waals surface area contributed by atoms with Crippen molar-refractivity contribution in [3.63, 3.8) is 0 Å². The minimum atomic E-state index is -2.99. The van der Waals surface area contributed by atoms with Gasteiger partial charge in [-0.1, -0.05) is 0 Å². The van der Waals surface area contributed by atoms with E-state index in [2.05, 4.69) is 0 Å². The van der Waals surface area contributed by atoms with Crippen LogP contribution in [0.15, 0.2) is 0 Å². The van der Waals surface area contributed by atoms with E-state index in [1.807, 2.05) is 0 Å². The second-order valence-corrected chi connectivity index (χ2v) is 4.73. The fourth-order valence-electron chi connectivity index (χ4n) is 0.673. The standard InChI is InChI=1S/C6H16N2O2S/c1-3-11(9,10)8(2)6-4-5-7/h3-7H2,1-2H3. The van der Waals surface area contributed by atoms with Crippen LogP contribution in [0.1, 0.15) is 13.3 Å². The van der Waals surface area contributed by atoms with Crippen LogP contribution in [0.5, 0.6) is 0 Å². The Balaban J connectivity index is 3.93. The minimum absolute atomic E-state index is 0.161. The topological polar surface area (TPSA) is 63.4 Å². The van der Waals surface area contributed by atoms with Crippen LogP contribution in [-0.4, -0.2) is 38.6 Å². The molecule has 0 heterocycles. The molecule has 0 saturated carbocycles. The van der Waals surface area contributed by atoms with Gasteiger partial charge in [-0.05, 0) is 19.9 Å². The Hall–Kier alpha value is -0.130. The van der Waals surface area contributed by atoms with Gasteiger partial charge in [0, 0.05) is 13.6 Å². The summed E-state index contributed by atoms with van der Waals surface area (Å²) in [7, 11) is -1.41. The van der Waals surface area contributed by atoms with Crippen LogP contribution in [0.3, 0.4) is 0 Å². The second-order valence-electron chi connectivity index (χ2n) is 2.36. The maximum atomic E-state index is 11.1. The van der Waals surface area contributed by atoms with E-state index in [4.69, 9.17) is 5.73 Å². The summed E-state index contributed by atoms with van der Waals surface area (Å²) in [6, 6.07) is 0. The average Bonchev–Trinajstić information content (AvgIpc) is 2.00. The lowest BCUT2D eigenvalue weighted by molar-refractivity contribution is 0.465. The number of hydrogen-bond donors (Lipinski definition) is 1. The number of rotatable bonds is 5. The lowest BCUT2D eigenvalue weighted by atomic mass is 10.4. The molecule has 0 rings (SSSR count). The van der Waals surface area contributed by atoms with Gasteiger partial charge in [0.05, 0.1) is 5.75 Å². The largest absolute Gasteiger partial charge is 0.330 e. The summed E-state index contributed by atoms with van der Waals surface area (Å²) in [6.07, 6.45) is 0.718. The Labute approximate surface area is 68.4 Å². The van der Waals surface area contributed by atoms with Gasteiger partial charge in [0.15, 0.2) is 0 Å². The van der Waals surface area contributed by atoms with Gasteiger partial charge in [0.1, 0.15) is 0 Å². The van der Waals surface area contributed by atoms with Gasteiger partial charge in [-0.3, -0.25) is 0 Å². The van der Waals surface area contributed by atoms with E-state index in [9.17, 15) is 8.42 Å². The fraction of sp³-hybridized carbons (Fsp3) is 1.00. The van der Waals surface area contributed by atoms with Crippen LogP contribution >= 0.6 is 0 Å². The first-order valence-corrected chi connectivity index (χ1v) is 5.29. The maximum absolute atomic E-state index is 11.1. The Morgan fingerprint density at radius 2 is 2.00 bits per heavy atom. The highest BCUT2D eigenvalue weighted by Crippen LogP contribution is 1.97. The smallest absolute Gasteiger partial charge is 0.213 e. The first-order chi connectivity index (χ1) is 5.04. The molecule has 0 aliphatic carbocycles. The summed E-state index contributed by atoms with van der Waals surface area (Å²) in [4.78, 5) is 0. The maximum Gasteiger partial charge on any atom is 0.213 e. The molecule has 0 amide bonds. The van der Waals surface area contributed by atoms with Gasteiger partial charge in [0.2, 0.25) is 10.0 Å². The van der Waals surface area contributed by atoms with E-state index in [1.54, 1.807) is 14.0 Å². The zero-order valence-corrected chi connectivity index (χ0v) is 7.89. The van der Waals surface area contributed by atoms with E-state index in [0.29, 0.717) is 13.1 Å². The highest BCUT2D eigenvalue weighted by molar-refractivity contribution is 7.89. The summed E-state index contributed by atoms with van der Waals surface area (Å²) in [5.41, 5.74) is 5.24. The van der Waals surface area contributed by atoms with Crippen molar-refractivity contribution >= 4 is 10.0 Å². The predicted octanol–water partition coefficient (Wildman–Crippen LogP) is -0.383. The van der Waals surface area contributed by atoms with Gasteiger partial charge in [-0.25, -0.2) is 12.7 Å². The van der Waals surface area contributed by atoms with Crippen LogP contribution < -0.4 is 5.73 Å². The summed E-state index contributed by atoms with van der Waals surface area (Å²) in [5.74, 6) is 0.161. The lowest BCUT2D eigenvalue weighted by Gasteiger charge is -2.14. The molecule has 0 fully saturated rings. The van der Waals surface area contributed by atoms with Crippen molar-refractivity contribution in [2.45, 2.75) is 13.3 Å². The van der Waals surface area contributed by atoms with E-state index >= 15 is 0 Å². The SMILES string of the molecule is CCS(=O)(=O)N(C)CCCN. The Morgan fingerprint density at radius 1 is 1.45 bits per heavy atom. The molecule has 0 aromatic rings. The number of sulfonamides is 1. The van der Waals surface area contributed by atoms with Crippen LogP contribution in [0.2, 0.25) is 0 Å². The zero-order chi connectivity index (χ0) is 8.91. The van der Waals surface area contributed by atoms with Gasteiger partial charge < -0.3 is 5.73 Å². The molecule has 0 unspecified atom stereocenters. The van der Waals surface area contributed by atoms with Crippen molar-refractivity contribution in [3.8, 4) is 0 Å². The first kappa shape index (κ1) is 10.9. The summed E-state index contributed by atoms with van der Waals surface area (Å²) >= 11 is 0. The molecule has 11 heavy (non-hydrogen) atoms. The van der Waals surface area contributed by atoms with Crippen LogP contribution in [0, 0.1) is 0 Å². The van der Waals surface area contributed by atoms with E-state index in [1.165, 1.54) is 4.31 Å². The third kappa shape index (κ3) is 3.69. The molecule has 0 atom stereocenters. The van der Waals surface area contributed by atoms with E-state index < -0.39 is 10.0 Å². The van der Waals surface area contributed by atoms with Gasteiger partial charge in [-0.15, -0.1) is 0 Å². The Kier molecular flexibility index (Phi) is 4.63. The van der Waals surface area contributed by atoms with Gasteiger partial charge in [-0.2, -0.15) is 0 Å². The summed E-state index contributed by atoms with van der Waals surface area (Å²) in [6.45, 7) is 2.69. The monoisotopic (exact) mass is 180 g/mol. The minimum Gasteiger partial charge on any atom is -0.330 e. The van der Waals surface area contributed by atoms with Crippen molar-refractivity contribution in [2.24, 2.45) is 5.73 Å². The summed E-state index contributed by atoms with van der Waals surface area (Å²) in [5, 5.41) is 0. The predicted molar refractivity (Wildman–Crippen MR) is 45.8 cm³/mol. The van der Waals surface area contributed by atoms with Gasteiger partial charge in [0.25, 0.3) is 0 Å². The number of nitrogens with two attached hydrogens (primary N) is 1. The molecular weight excluding hydrogens is 164 g/mol. The molecule has 0 aromatic heterocycles. The number of hydrogen-bond acceptors (Lipinski definition) is 3. The average molecular weight is 180 g/mol.